The van der Waals surface area contributed by atoms with Crippen molar-refractivity contribution in [1.82, 2.24) is 24.9 Å². The normalized spacial score (nSPS) is 15.0. The number of nitrogens with zero attached hydrogens (tertiary/aromatic N) is 5. The summed E-state index contributed by atoms with van der Waals surface area (Å²) in [6.45, 7) is 4.20. The maximum absolute atomic E-state index is 12.6. The second kappa shape index (κ2) is 8.78. The molecule has 8 heteroatoms. The number of aryl methyl sites for hydroxylation is 1. The summed E-state index contributed by atoms with van der Waals surface area (Å²) in [5, 5.41) is 8.05. The fraction of sp³-hybridized carbons (Fsp3) is 0.429. The molecule has 4 rings (SSSR count). The molecule has 2 aromatic heterocycles. The Morgan fingerprint density at radius 1 is 1.28 bits per heavy atom. The van der Waals surface area contributed by atoms with Gasteiger partial charge in [0.15, 0.2) is 0 Å². The van der Waals surface area contributed by atoms with Crippen LogP contribution in [0.5, 0.6) is 0 Å². The Morgan fingerprint density at radius 2 is 2.07 bits per heavy atom. The first-order chi connectivity index (χ1) is 14.2. The van der Waals surface area contributed by atoms with Crippen LogP contribution in [-0.4, -0.2) is 38.6 Å². The second-order valence-electron chi connectivity index (χ2n) is 7.40. The van der Waals surface area contributed by atoms with Crippen LogP contribution < -0.4 is 10.2 Å². The standard InChI is InChI=1S/C21H25ClN6O/c1-2-5-17-12-19(28-21(26-17)24-14-25-28)27-10-8-15(9-11-27)20(29)23-13-16-6-3-4-7-18(16)22/h3-4,6-7,12,14-15H,2,5,8-11,13H2,1H3,(H,23,29). The van der Waals surface area contributed by atoms with Crippen molar-refractivity contribution in [2.45, 2.75) is 39.2 Å². The van der Waals surface area contributed by atoms with Crippen LogP contribution in [0.1, 0.15) is 37.4 Å². The minimum atomic E-state index is 0.0110. The van der Waals surface area contributed by atoms with Gasteiger partial charge in [-0.3, -0.25) is 4.79 Å². The van der Waals surface area contributed by atoms with Gasteiger partial charge in [-0.2, -0.15) is 14.6 Å². The highest BCUT2D eigenvalue weighted by molar-refractivity contribution is 6.31. The summed E-state index contributed by atoms with van der Waals surface area (Å²) in [6.07, 6.45) is 5.09. The summed E-state index contributed by atoms with van der Waals surface area (Å²) in [4.78, 5) is 23.7. The van der Waals surface area contributed by atoms with Crippen molar-refractivity contribution in [2.24, 2.45) is 5.92 Å². The maximum Gasteiger partial charge on any atom is 0.254 e. The number of nitrogens with one attached hydrogen (secondary N) is 1. The first kappa shape index (κ1) is 19.6. The van der Waals surface area contributed by atoms with Gasteiger partial charge in [-0.05, 0) is 30.9 Å². The van der Waals surface area contributed by atoms with Crippen LogP contribution in [0.3, 0.4) is 0 Å². The van der Waals surface area contributed by atoms with Crippen molar-refractivity contribution >= 4 is 29.1 Å². The van der Waals surface area contributed by atoms with E-state index >= 15 is 0 Å². The Morgan fingerprint density at radius 3 is 2.83 bits per heavy atom. The minimum absolute atomic E-state index is 0.0110. The number of anilines is 1. The summed E-state index contributed by atoms with van der Waals surface area (Å²) < 4.78 is 1.79. The van der Waals surface area contributed by atoms with Crippen molar-refractivity contribution in [3.8, 4) is 0 Å². The molecule has 1 fully saturated rings. The van der Waals surface area contributed by atoms with Crippen LogP contribution in [0.25, 0.3) is 5.78 Å². The predicted octanol–water partition coefficient (Wildman–Crippen LogP) is 3.26. The molecule has 152 valence electrons. The van der Waals surface area contributed by atoms with Gasteiger partial charge in [-0.1, -0.05) is 43.1 Å². The fourth-order valence-electron chi connectivity index (χ4n) is 3.79. The Hall–Kier alpha value is -2.67. The summed E-state index contributed by atoms with van der Waals surface area (Å²) in [6, 6.07) is 9.70. The van der Waals surface area contributed by atoms with Gasteiger partial charge in [0.05, 0.1) is 0 Å². The molecule has 1 aliphatic rings. The molecule has 3 heterocycles. The van der Waals surface area contributed by atoms with Gasteiger partial charge in [-0.25, -0.2) is 4.98 Å². The van der Waals surface area contributed by atoms with Gasteiger partial charge in [0, 0.05) is 42.3 Å². The van der Waals surface area contributed by atoms with Crippen molar-refractivity contribution in [3.63, 3.8) is 0 Å². The number of piperidine rings is 1. The topological polar surface area (TPSA) is 75.4 Å². The number of halogens is 1. The maximum atomic E-state index is 12.6. The number of fused-ring (bicyclic) bond motifs is 1. The highest BCUT2D eigenvalue weighted by Gasteiger charge is 2.26. The largest absolute Gasteiger partial charge is 0.356 e. The van der Waals surface area contributed by atoms with E-state index in [0.29, 0.717) is 17.3 Å². The Kier molecular flexibility index (Phi) is 5.94. The van der Waals surface area contributed by atoms with E-state index in [0.717, 1.165) is 55.8 Å². The lowest BCUT2D eigenvalue weighted by molar-refractivity contribution is -0.125. The van der Waals surface area contributed by atoms with E-state index in [1.54, 1.807) is 4.52 Å². The average Bonchev–Trinajstić information content (AvgIpc) is 3.21. The van der Waals surface area contributed by atoms with Crippen LogP contribution in [0, 0.1) is 5.92 Å². The third-order valence-electron chi connectivity index (χ3n) is 5.39. The van der Waals surface area contributed by atoms with Crippen LogP contribution in [0.15, 0.2) is 36.7 Å². The average molecular weight is 413 g/mol. The lowest BCUT2D eigenvalue weighted by Crippen LogP contribution is -2.41. The molecule has 1 aliphatic heterocycles. The van der Waals surface area contributed by atoms with E-state index in [9.17, 15) is 4.79 Å². The fourth-order valence-corrected chi connectivity index (χ4v) is 4.00. The zero-order valence-corrected chi connectivity index (χ0v) is 17.3. The third kappa shape index (κ3) is 4.34. The second-order valence-corrected chi connectivity index (χ2v) is 7.81. The molecular formula is C21H25ClN6O. The molecule has 0 radical (unpaired) electrons. The van der Waals surface area contributed by atoms with Gasteiger partial charge in [0.1, 0.15) is 12.1 Å². The van der Waals surface area contributed by atoms with Crippen molar-refractivity contribution in [3.05, 3.63) is 52.9 Å². The van der Waals surface area contributed by atoms with Crippen LogP contribution in [-0.2, 0) is 17.8 Å². The summed E-state index contributed by atoms with van der Waals surface area (Å²) in [5.41, 5.74) is 1.97. The zero-order valence-electron chi connectivity index (χ0n) is 16.5. The quantitative estimate of drug-likeness (QED) is 0.672. The number of carbonyl (C=O) groups excluding carboxylic acids is 1. The minimum Gasteiger partial charge on any atom is -0.356 e. The monoisotopic (exact) mass is 412 g/mol. The first-order valence-corrected chi connectivity index (χ1v) is 10.5. The third-order valence-corrected chi connectivity index (χ3v) is 5.76. The van der Waals surface area contributed by atoms with Gasteiger partial charge >= 0.3 is 0 Å². The molecule has 0 atom stereocenters. The number of rotatable bonds is 6. The molecule has 0 bridgehead atoms. The van der Waals surface area contributed by atoms with Gasteiger partial charge in [0.25, 0.3) is 5.78 Å². The van der Waals surface area contributed by atoms with E-state index in [4.69, 9.17) is 11.6 Å². The van der Waals surface area contributed by atoms with Crippen molar-refractivity contribution in [1.29, 1.82) is 0 Å². The lowest BCUT2D eigenvalue weighted by atomic mass is 9.95. The number of carbonyl (C=O) groups is 1. The molecule has 1 amide bonds. The molecule has 1 aromatic carbocycles. The van der Waals surface area contributed by atoms with E-state index in [1.807, 2.05) is 24.3 Å². The van der Waals surface area contributed by atoms with Crippen molar-refractivity contribution in [2.75, 3.05) is 18.0 Å². The number of amides is 1. The Labute approximate surface area is 175 Å². The highest BCUT2D eigenvalue weighted by atomic mass is 35.5. The Balaban J connectivity index is 1.39. The summed E-state index contributed by atoms with van der Waals surface area (Å²) >= 11 is 6.18. The van der Waals surface area contributed by atoms with Crippen LogP contribution in [0.4, 0.5) is 5.82 Å². The smallest absolute Gasteiger partial charge is 0.254 e. The summed E-state index contributed by atoms with van der Waals surface area (Å²) in [7, 11) is 0. The zero-order chi connectivity index (χ0) is 20.2. The van der Waals surface area contributed by atoms with Gasteiger partial charge in [-0.15, -0.1) is 0 Å². The van der Waals surface area contributed by atoms with Gasteiger partial charge in [0.2, 0.25) is 5.91 Å². The SMILES string of the molecule is CCCc1cc(N2CCC(C(=O)NCc3ccccc3Cl)CC2)n2ncnc2n1. The van der Waals surface area contributed by atoms with E-state index in [-0.39, 0.29) is 11.8 Å². The van der Waals surface area contributed by atoms with Crippen LogP contribution in [0.2, 0.25) is 5.02 Å². The highest BCUT2D eigenvalue weighted by Crippen LogP contribution is 2.25. The number of hydrogen-bond donors (Lipinski definition) is 1. The van der Waals surface area contributed by atoms with E-state index in [2.05, 4.69) is 38.3 Å². The molecule has 7 nitrogen and oxygen atoms in total. The molecule has 0 aliphatic carbocycles. The summed E-state index contributed by atoms with van der Waals surface area (Å²) in [5.74, 6) is 1.74. The van der Waals surface area contributed by atoms with E-state index in [1.165, 1.54) is 6.33 Å². The number of aromatic nitrogens is 4. The molecule has 1 saturated heterocycles. The molecule has 3 aromatic rings. The van der Waals surface area contributed by atoms with Crippen LogP contribution >= 0.6 is 11.6 Å². The molecular weight excluding hydrogens is 388 g/mol. The first-order valence-electron chi connectivity index (χ1n) is 10.1. The van der Waals surface area contributed by atoms with Crippen molar-refractivity contribution < 1.29 is 4.79 Å². The van der Waals surface area contributed by atoms with Gasteiger partial charge < -0.3 is 10.2 Å². The predicted molar refractivity (Wildman–Crippen MR) is 113 cm³/mol. The van der Waals surface area contributed by atoms with E-state index < -0.39 is 0 Å². The molecule has 0 spiro atoms. The molecule has 29 heavy (non-hydrogen) atoms. The lowest BCUT2D eigenvalue weighted by Gasteiger charge is -2.33. The molecule has 0 saturated carbocycles. The number of benzene rings is 1. The number of hydrogen-bond acceptors (Lipinski definition) is 5. The molecule has 1 N–H and O–H groups in total. The molecule has 0 unspecified atom stereocenters. The Bertz CT molecular complexity index is 996.